The van der Waals surface area contributed by atoms with Gasteiger partial charge in [-0.2, -0.15) is 0 Å². The molecule has 0 fully saturated rings. The number of nitrogens with zero attached hydrogens (tertiary/aromatic N) is 2. The van der Waals surface area contributed by atoms with Gasteiger partial charge in [-0.25, -0.2) is 0 Å². The van der Waals surface area contributed by atoms with Gasteiger partial charge in [0.25, 0.3) is 0 Å². The van der Waals surface area contributed by atoms with Crippen LogP contribution in [0.2, 0.25) is 0 Å². The van der Waals surface area contributed by atoms with Gasteiger partial charge in [0.2, 0.25) is 5.91 Å². The SMILES string of the molecule is Cc1cncc(CNCC(=O)N(C)C)c1. The van der Waals surface area contributed by atoms with Crippen molar-refractivity contribution in [2.75, 3.05) is 20.6 Å². The van der Waals surface area contributed by atoms with Gasteiger partial charge < -0.3 is 10.2 Å². The summed E-state index contributed by atoms with van der Waals surface area (Å²) in [5, 5.41) is 3.08. The van der Waals surface area contributed by atoms with Crippen molar-refractivity contribution in [2.45, 2.75) is 13.5 Å². The van der Waals surface area contributed by atoms with E-state index in [1.807, 2.05) is 13.1 Å². The molecule has 0 spiro atoms. The number of hydrogen-bond acceptors (Lipinski definition) is 3. The Labute approximate surface area is 90.3 Å². The first-order chi connectivity index (χ1) is 7.09. The quantitative estimate of drug-likeness (QED) is 0.785. The predicted molar refractivity (Wildman–Crippen MR) is 59.4 cm³/mol. The van der Waals surface area contributed by atoms with E-state index in [1.165, 1.54) is 0 Å². The van der Waals surface area contributed by atoms with E-state index in [0.29, 0.717) is 13.1 Å². The lowest BCUT2D eigenvalue weighted by atomic mass is 10.2. The maximum atomic E-state index is 11.2. The zero-order chi connectivity index (χ0) is 11.3. The van der Waals surface area contributed by atoms with E-state index in [1.54, 1.807) is 25.2 Å². The average molecular weight is 207 g/mol. The molecule has 0 radical (unpaired) electrons. The highest BCUT2D eigenvalue weighted by molar-refractivity contribution is 5.77. The van der Waals surface area contributed by atoms with Crippen LogP contribution in [-0.2, 0) is 11.3 Å². The summed E-state index contributed by atoms with van der Waals surface area (Å²) in [5.41, 5.74) is 2.23. The molecule has 0 aliphatic rings. The van der Waals surface area contributed by atoms with E-state index in [-0.39, 0.29) is 5.91 Å². The second-order valence-electron chi connectivity index (χ2n) is 3.76. The maximum absolute atomic E-state index is 11.2. The fraction of sp³-hybridized carbons (Fsp3) is 0.455. The molecule has 15 heavy (non-hydrogen) atoms. The van der Waals surface area contributed by atoms with Crippen molar-refractivity contribution < 1.29 is 4.79 Å². The first-order valence-corrected chi connectivity index (χ1v) is 4.91. The third kappa shape index (κ3) is 4.08. The van der Waals surface area contributed by atoms with Gasteiger partial charge in [-0.3, -0.25) is 9.78 Å². The fourth-order valence-corrected chi connectivity index (χ4v) is 1.19. The molecular weight excluding hydrogens is 190 g/mol. The van der Waals surface area contributed by atoms with Crippen LogP contribution >= 0.6 is 0 Å². The van der Waals surface area contributed by atoms with Crippen molar-refractivity contribution in [3.05, 3.63) is 29.6 Å². The predicted octanol–water partition coefficient (Wildman–Crippen LogP) is 0.568. The Morgan fingerprint density at radius 1 is 1.47 bits per heavy atom. The number of carbonyl (C=O) groups is 1. The minimum absolute atomic E-state index is 0.0793. The van der Waals surface area contributed by atoms with Crippen molar-refractivity contribution in [2.24, 2.45) is 0 Å². The largest absolute Gasteiger partial charge is 0.348 e. The van der Waals surface area contributed by atoms with E-state index < -0.39 is 0 Å². The van der Waals surface area contributed by atoms with E-state index in [2.05, 4.69) is 16.4 Å². The van der Waals surface area contributed by atoms with Gasteiger partial charge in [-0.1, -0.05) is 6.07 Å². The molecule has 1 aromatic rings. The molecule has 1 heterocycles. The number of rotatable bonds is 4. The van der Waals surface area contributed by atoms with Gasteiger partial charge in [0.05, 0.1) is 6.54 Å². The Morgan fingerprint density at radius 2 is 2.20 bits per heavy atom. The molecule has 0 aliphatic carbocycles. The summed E-state index contributed by atoms with van der Waals surface area (Å²) in [6.07, 6.45) is 3.62. The molecule has 0 saturated carbocycles. The summed E-state index contributed by atoms with van der Waals surface area (Å²) < 4.78 is 0. The number of aromatic nitrogens is 1. The maximum Gasteiger partial charge on any atom is 0.236 e. The molecule has 4 nitrogen and oxygen atoms in total. The molecule has 0 bridgehead atoms. The van der Waals surface area contributed by atoms with E-state index in [0.717, 1.165) is 11.1 Å². The van der Waals surface area contributed by atoms with Crippen LogP contribution in [0.15, 0.2) is 18.5 Å². The van der Waals surface area contributed by atoms with Crippen LogP contribution in [0.3, 0.4) is 0 Å². The number of hydrogen-bond donors (Lipinski definition) is 1. The van der Waals surface area contributed by atoms with Gasteiger partial charge in [0, 0.05) is 33.0 Å². The van der Waals surface area contributed by atoms with E-state index >= 15 is 0 Å². The number of amides is 1. The molecule has 0 aliphatic heterocycles. The van der Waals surface area contributed by atoms with Crippen molar-refractivity contribution >= 4 is 5.91 Å². The smallest absolute Gasteiger partial charge is 0.236 e. The number of pyridine rings is 1. The zero-order valence-electron chi connectivity index (χ0n) is 9.45. The molecule has 0 aromatic carbocycles. The number of carbonyl (C=O) groups excluding carboxylic acids is 1. The van der Waals surface area contributed by atoms with Gasteiger partial charge in [0.15, 0.2) is 0 Å². The Bertz CT molecular complexity index is 336. The van der Waals surface area contributed by atoms with Crippen LogP contribution in [0.4, 0.5) is 0 Å². The normalized spacial score (nSPS) is 10.1. The molecule has 0 unspecified atom stereocenters. The van der Waals surface area contributed by atoms with Gasteiger partial charge in [-0.15, -0.1) is 0 Å². The Morgan fingerprint density at radius 3 is 2.80 bits per heavy atom. The lowest BCUT2D eigenvalue weighted by Gasteiger charge is -2.10. The molecule has 1 rings (SSSR count). The first-order valence-electron chi connectivity index (χ1n) is 4.91. The fourth-order valence-electron chi connectivity index (χ4n) is 1.19. The Hall–Kier alpha value is -1.42. The molecule has 0 atom stereocenters. The third-order valence-corrected chi connectivity index (χ3v) is 2.04. The monoisotopic (exact) mass is 207 g/mol. The Balaban J connectivity index is 2.35. The summed E-state index contributed by atoms with van der Waals surface area (Å²) in [6.45, 7) is 3.04. The highest BCUT2D eigenvalue weighted by atomic mass is 16.2. The molecule has 0 saturated heterocycles. The van der Waals surface area contributed by atoms with Gasteiger partial charge in [0.1, 0.15) is 0 Å². The van der Waals surface area contributed by atoms with Crippen LogP contribution in [-0.4, -0.2) is 36.4 Å². The van der Waals surface area contributed by atoms with Gasteiger partial charge >= 0.3 is 0 Å². The lowest BCUT2D eigenvalue weighted by Crippen LogP contribution is -2.32. The topological polar surface area (TPSA) is 45.2 Å². The number of aryl methyl sites for hydroxylation is 1. The van der Waals surface area contributed by atoms with Crippen molar-refractivity contribution in [1.82, 2.24) is 15.2 Å². The standard InChI is InChI=1S/C11H17N3O/c1-9-4-10(6-12-5-9)7-13-8-11(15)14(2)3/h4-6,13H,7-8H2,1-3H3. The number of nitrogens with one attached hydrogen (secondary N) is 1. The van der Waals surface area contributed by atoms with Crippen LogP contribution in [0.5, 0.6) is 0 Å². The van der Waals surface area contributed by atoms with Crippen LogP contribution in [0, 0.1) is 6.92 Å². The third-order valence-electron chi connectivity index (χ3n) is 2.04. The van der Waals surface area contributed by atoms with Crippen LogP contribution < -0.4 is 5.32 Å². The molecule has 4 heteroatoms. The zero-order valence-corrected chi connectivity index (χ0v) is 9.45. The minimum Gasteiger partial charge on any atom is -0.348 e. The van der Waals surface area contributed by atoms with Crippen LogP contribution in [0.1, 0.15) is 11.1 Å². The van der Waals surface area contributed by atoms with Crippen molar-refractivity contribution in [3.8, 4) is 0 Å². The molecule has 1 N–H and O–H groups in total. The number of likely N-dealkylation sites (N-methyl/N-ethyl adjacent to an activating group) is 1. The van der Waals surface area contributed by atoms with Crippen molar-refractivity contribution in [1.29, 1.82) is 0 Å². The summed E-state index contributed by atoms with van der Waals surface area (Å²) >= 11 is 0. The molecule has 1 aromatic heterocycles. The van der Waals surface area contributed by atoms with Crippen LogP contribution in [0.25, 0.3) is 0 Å². The Kier molecular flexibility index (Phi) is 4.24. The average Bonchev–Trinajstić information content (AvgIpc) is 2.17. The molecule has 82 valence electrons. The molecule has 1 amide bonds. The highest BCUT2D eigenvalue weighted by Crippen LogP contribution is 2.00. The van der Waals surface area contributed by atoms with Crippen molar-refractivity contribution in [3.63, 3.8) is 0 Å². The minimum atomic E-state index is 0.0793. The first kappa shape index (κ1) is 11.7. The molecular formula is C11H17N3O. The summed E-state index contributed by atoms with van der Waals surface area (Å²) in [6, 6.07) is 2.06. The lowest BCUT2D eigenvalue weighted by molar-refractivity contribution is -0.127. The summed E-state index contributed by atoms with van der Waals surface area (Å²) in [5.74, 6) is 0.0793. The second kappa shape index (κ2) is 5.46. The summed E-state index contributed by atoms with van der Waals surface area (Å²) in [4.78, 5) is 16.9. The van der Waals surface area contributed by atoms with E-state index in [4.69, 9.17) is 0 Å². The summed E-state index contributed by atoms with van der Waals surface area (Å²) in [7, 11) is 3.50. The van der Waals surface area contributed by atoms with E-state index in [9.17, 15) is 4.79 Å². The highest BCUT2D eigenvalue weighted by Gasteiger charge is 2.02. The second-order valence-corrected chi connectivity index (χ2v) is 3.76. The van der Waals surface area contributed by atoms with Gasteiger partial charge in [-0.05, 0) is 18.1 Å².